The van der Waals surface area contributed by atoms with E-state index in [0.717, 1.165) is 36.3 Å². The highest BCUT2D eigenvalue weighted by Gasteiger charge is 2.22. The third-order valence-corrected chi connectivity index (χ3v) is 9.90. The highest BCUT2D eigenvalue weighted by molar-refractivity contribution is 6.21. The Hall–Kier alpha value is -5.54. The molecule has 8 aromatic rings. The molecule has 3 aromatic heterocycles. The molecule has 10 rings (SSSR count). The largest absolute Gasteiger partial charge is 0.456 e. The molecule has 2 aliphatic rings. The highest BCUT2D eigenvalue weighted by Crippen LogP contribution is 2.43. The van der Waals surface area contributed by atoms with E-state index in [4.69, 9.17) is 4.42 Å². The maximum absolute atomic E-state index is 6.66. The Morgan fingerprint density at radius 1 is 0.622 bits per heavy atom. The van der Waals surface area contributed by atoms with Crippen LogP contribution in [-0.2, 0) is 6.42 Å². The molecule has 5 aromatic carbocycles. The van der Waals surface area contributed by atoms with Gasteiger partial charge in [-0.05, 0) is 91.1 Å². The minimum Gasteiger partial charge on any atom is -0.456 e. The van der Waals surface area contributed by atoms with Crippen LogP contribution in [0.2, 0.25) is 0 Å². The molecule has 0 bridgehead atoms. The molecular formula is C42H30N2O. The van der Waals surface area contributed by atoms with Crippen LogP contribution in [0.1, 0.15) is 30.2 Å². The first-order valence-corrected chi connectivity index (χ1v) is 15.9. The van der Waals surface area contributed by atoms with Gasteiger partial charge in [-0.2, -0.15) is 0 Å². The Labute approximate surface area is 260 Å². The molecule has 0 fully saturated rings. The standard InChI is InChI=1S/C42H30N2O/c1-3-11-29(12-4-1)43-36-17-9-7-15-31(36)34-25-27(19-22-37(34)43)28-20-23-38-35(26-28)41-39(44(38)30-13-5-2-6-14-30)24-21-33-32-16-8-10-18-40(32)45-42(33)41/h1-7,9-11,13-15,17-26,29H,8,12,16H2. The second-order valence-corrected chi connectivity index (χ2v) is 12.4. The molecule has 0 saturated heterocycles. The molecule has 0 aliphatic heterocycles. The van der Waals surface area contributed by atoms with Crippen molar-refractivity contribution in [3.63, 3.8) is 0 Å². The van der Waals surface area contributed by atoms with E-state index in [9.17, 15) is 0 Å². The molecular weight excluding hydrogens is 548 g/mol. The van der Waals surface area contributed by atoms with Gasteiger partial charge in [0.25, 0.3) is 0 Å². The quantitative estimate of drug-likeness (QED) is 0.204. The summed E-state index contributed by atoms with van der Waals surface area (Å²) in [5.41, 5.74) is 10.8. The van der Waals surface area contributed by atoms with E-state index in [0.29, 0.717) is 6.04 Å². The third-order valence-electron chi connectivity index (χ3n) is 9.90. The first-order valence-electron chi connectivity index (χ1n) is 15.9. The highest BCUT2D eigenvalue weighted by atomic mass is 16.3. The van der Waals surface area contributed by atoms with E-state index >= 15 is 0 Å². The number of hydrogen-bond acceptors (Lipinski definition) is 1. The summed E-state index contributed by atoms with van der Waals surface area (Å²) in [5, 5.41) is 6.24. The maximum atomic E-state index is 6.66. The molecule has 0 amide bonds. The van der Waals surface area contributed by atoms with Crippen molar-refractivity contribution in [2.75, 3.05) is 0 Å². The van der Waals surface area contributed by atoms with Crippen LogP contribution in [-0.4, -0.2) is 9.13 Å². The van der Waals surface area contributed by atoms with E-state index < -0.39 is 0 Å². The summed E-state index contributed by atoms with van der Waals surface area (Å²) in [7, 11) is 0. The molecule has 0 N–H and O–H groups in total. The van der Waals surface area contributed by atoms with Crippen LogP contribution in [0.5, 0.6) is 0 Å². The Morgan fingerprint density at radius 3 is 2.27 bits per heavy atom. The van der Waals surface area contributed by atoms with Crippen molar-refractivity contribution < 1.29 is 4.42 Å². The predicted molar refractivity (Wildman–Crippen MR) is 188 cm³/mol. The van der Waals surface area contributed by atoms with Gasteiger partial charge in [0, 0.05) is 43.8 Å². The van der Waals surface area contributed by atoms with Crippen LogP contribution in [0.15, 0.2) is 138 Å². The summed E-state index contributed by atoms with van der Waals surface area (Å²) in [6.07, 6.45) is 16.4. The molecule has 1 atom stereocenters. The van der Waals surface area contributed by atoms with Crippen molar-refractivity contribution >= 4 is 60.7 Å². The monoisotopic (exact) mass is 578 g/mol. The van der Waals surface area contributed by atoms with Gasteiger partial charge in [-0.25, -0.2) is 0 Å². The smallest absolute Gasteiger partial charge is 0.145 e. The summed E-state index contributed by atoms with van der Waals surface area (Å²) >= 11 is 0. The van der Waals surface area contributed by atoms with Crippen LogP contribution in [0.3, 0.4) is 0 Å². The van der Waals surface area contributed by atoms with Crippen LogP contribution in [0.25, 0.3) is 77.5 Å². The molecule has 0 radical (unpaired) electrons. The zero-order valence-electron chi connectivity index (χ0n) is 24.8. The van der Waals surface area contributed by atoms with Gasteiger partial charge in [-0.1, -0.05) is 78.9 Å². The van der Waals surface area contributed by atoms with E-state index in [1.807, 2.05) is 0 Å². The summed E-state index contributed by atoms with van der Waals surface area (Å²) in [5.74, 6) is 1.01. The molecule has 214 valence electrons. The van der Waals surface area contributed by atoms with Crippen LogP contribution in [0, 0.1) is 0 Å². The van der Waals surface area contributed by atoms with Gasteiger partial charge in [-0.3, -0.25) is 0 Å². The average molecular weight is 579 g/mol. The third kappa shape index (κ3) is 3.58. The lowest BCUT2D eigenvalue weighted by Gasteiger charge is -2.18. The fourth-order valence-electron chi connectivity index (χ4n) is 7.87. The number of hydrogen-bond donors (Lipinski definition) is 0. The number of fused-ring (bicyclic) bond motifs is 10. The molecule has 0 spiro atoms. The SMILES string of the molecule is C1=CCC(n2c3ccccc3c3cc(-c4ccc5c(c4)c4c6oc7c(c6ccc4n5-c4ccccc4)CCC=C7)ccc32)C=C1. The van der Waals surface area contributed by atoms with Gasteiger partial charge < -0.3 is 13.6 Å². The Kier molecular flexibility index (Phi) is 5.23. The lowest BCUT2D eigenvalue weighted by Crippen LogP contribution is -2.06. The number of para-hydroxylation sites is 2. The van der Waals surface area contributed by atoms with Crippen LogP contribution in [0.4, 0.5) is 0 Å². The Balaban J connectivity index is 1.23. The van der Waals surface area contributed by atoms with Gasteiger partial charge in [-0.15, -0.1) is 0 Å². The zero-order chi connectivity index (χ0) is 29.5. The number of benzene rings is 5. The molecule has 2 aliphatic carbocycles. The van der Waals surface area contributed by atoms with Gasteiger partial charge in [0.05, 0.1) is 22.5 Å². The molecule has 3 nitrogen and oxygen atoms in total. The molecule has 3 heteroatoms. The number of aryl methyl sites for hydroxylation is 1. The fourth-order valence-corrected chi connectivity index (χ4v) is 7.87. The predicted octanol–water partition coefficient (Wildman–Crippen LogP) is 11.3. The van der Waals surface area contributed by atoms with Gasteiger partial charge in [0.2, 0.25) is 0 Å². The normalized spacial score (nSPS) is 16.1. The van der Waals surface area contributed by atoms with E-state index in [2.05, 4.69) is 149 Å². The molecule has 3 heterocycles. The second-order valence-electron chi connectivity index (χ2n) is 12.4. The van der Waals surface area contributed by atoms with Crippen LogP contribution >= 0.6 is 0 Å². The number of rotatable bonds is 3. The summed E-state index contributed by atoms with van der Waals surface area (Å²) < 4.78 is 11.6. The molecule has 0 saturated carbocycles. The first kappa shape index (κ1) is 24.9. The van der Waals surface area contributed by atoms with Crippen molar-refractivity contribution in [2.24, 2.45) is 0 Å². The summed E-state index contributed by atoms with van der Waals surface area (Å²) in [4.78, 5) is 0. The van der Waals surface area contributed by atoms with E-state index in [-0.39, 0.29) is 0 Å². The number of furan rings is 1. The lowest BCUT2D eigenvalue weighted by atomic mass is 9.98. The van der Waals surface area contributed by atoms with E-state index in [1.54, 1.807) is 0 Å². The fraction of sp³-hybridized carbons (Fsp3) is 0.0952. The lowest BCUT2D eigenvalue weighted by molar-refractivity contribution is 0.598. The van der Waals surface area contributed by atoms with Crippen molar-refractivity contribution in [3.8, 4) is 16.8 Å². The van der Waals surface area contributed by atoms with Crippen LogP contribution < -0.4 is 0 Å². The Bertz CT molecular complexity index is 2570. The summed E-state index contributed by atoms with van der Waals surface area (Å²) in [6, 6.07) is 38.3. The van der Waals surface area contributed by atoms with E-state index in [1.165, 1.54) is 65.7 Å². The van der Waals surface area contributed by atoms with Gasteiger partial charge in [0.15, 0.2) is 0 Å². The Morgan fingerprint density at radius 2 is 1.40 bits per heavy atom. The van der Waals surface area contributed by atoms with Gasteiger partial charge >= 0.3 is 0 Å². The zero-order valence-corrected chi connectivity index (χ0v) is 24.8. The van der Waals surface area contributed by atoms with Crippen molar-refractivity contribution in [1.82, 2.24) is 9.13 Å². The number of aromatic nitrogens is 2. The first-order chi connectivity index (χ1) is 22.3. The van der Waals surface area contributed by atoms with Crippen molar-refractivity contribution in [3.05, 3.63) is 145 Å². The minimum absolute atomic E-state index is 0.320. The maximum Gasteiger partial charge on any atom is 0.145 e. The minimum atomic E-state index is 0.320. The van der Waals surface area contributed by atoms with Crippen molar-refractivity contribution in [1.29, 1.82) is 0 Å². The number of allylic oxidation sites excluding steroid dienone is 5. The van der Waals surface area contributed by atoms with Gasteiger partial charge in [0.1, 0.15) is 11.3 Å². The molecule has 1 unspecified atom stereocenters. The topological polar surface area (TPSA) is 23.0 Å². The second kappa shape index (κ2) is 9.48. The van der Waals surface area contributed by atoms with Crippen molar-refractivity contribution in [2.45, 2.75) is 25.3 Å². The molecule has 45 heavy (non-hydrogen) atoms. The summed E-state index contributed by atoms with van der Waals surface area (Å²) in [6.45, 7) is 0. The number of nitrogens with zero attached hydrogens (tertiary/aromatic N) is 2. The average Bonchev–Trinajstić information content (AvgIpc) is 3.76.